The molecule has 2 N–H and O–H groups in total. The largest absolute Gasteiger partial charge is 0.491 e. The summed E-state index contributed by atoms with van der Waals surface area (Å²) in [6, 6.07) is 4.49. The number of hydrogen-bond donors (Lipinski definition) is 2. The van der Waals surface area contributed by atoms with Crippen molar-refractivity contribution in [1.29, 1.82) is 0 Å². The van der Waals surface area contributed by atoms with Gasteiger partial charge in [0.25, 0.3) is 0 Å². The van der Waals surface area contributed by atoms with Crippen molar-refractivity contribution in [3.63, 3.8) is 0 Å². The maximum atomic E-state index is 12.1. The Morgan fingerprint density at radius 1 is 1.42 bits per heavy atom. The lowest BCUT2D eigenvalue weighted by molar-refractivity contribution is -0.116. The summed E-state index contributed by atoms with van der Waals surface area (Å²) in [6.45, 7) is 5.35. The van der Waals surface area contributed by atoms with Crippen LogP contribution < -0.4 is 10.1 Å². The number of nitrogens with zero attached hydrogens (tertiary/aromatic N) is 2. The second-order valence-electron chi connectivity index (χ2n) is 5.46. The van der Waals surface area contributed by atoms with Crippen LogP contribution in [0.4, 0.5) is 5.69 Å². The van der Waals surface area contributed by atoms with Crippen molar-refractivity contribution in [2.24, 2.45) is 0 Å². The molecule has 2 aromatic rings. The molecule has 0 aliphatic rings. The molecule has 1 aromatic heterocycles. The van der Waals surface area contributed by atoms with Crippen LogP contribution in [0.2, 0.25) is 5.02 Å². The van der Waals surface area contributed by atoms with Gasteiger partial charge in [0.2, 0.25) is 5.91 Å². The highest BCUT2D eigenvalue weighted by atomic mass is 35.5. The molecule has 0 bridgehead atoms. The molecule has 0 atom stereocenters. The summed E-state index contributed by atoms with van der Waals surface area (Å²) in [5, 5.41) is 16.4. The molecule has 0 radical (unpaired) electrons. The maximum Gasteiger partial charge on any atom is 0.337 e. The first kappa shape index (κ1) is 17.8. The van der Waals surface area contributed by atoms with Crippen molar-refractivity contribution in [3.05, 3.63) is 40.7 Å². The lowest BCUT2D eigenvalue weighted by Gasteiger charge is -2.13. The first-order chi connectivity index (χ1) is 11.3. The molecule has 0 saturated carbocycles. The van der Waals surface area contributed by atoms with Crippen molar-refractivity contribution in [2.75, 3.05) is 5.32 Å². The Labute approximate surface area is 144 Å². The second-order valence-corrected chi connectivity index (χ2v) is 5.87. The Hall–Kier alpha value is -2.54. The van der Waals surface area contributed by atoms with Crippen LogP contribution in [0.5, 0.6) is 5.75 Å². The van der Waals surface area contributed by atoms with Crippen LogP contribution in [0.25, 0.3) is 0 Å². The van der Waals surface area contributed by atoms with Crippen LogP contribution >= 0.6 is 11.6 Å². The van der Waals surface area contributed by atoms with E-state index in [1.807, 2.05) is 13.8 Å². The fourth-order valence-electron chi connectivity index (χ4n) is 2.06. The topological polar surface area (TPSA) is 93.5 Å². The van der Waals surface area contributed by atoms with Gasteiger partial charge in [0, 0.05) is 0 Å². The average molecular weight is 352 g/mol. The number of carbonyl (C=O) groups is 2. The molecule has 0 saturated heterocycles. The minimum atomic E-state index is -1.15. The molecule has 0 aliphatic heterocycles. The summed E-state index contributed by atoms with van der Waals surface area (Å²) >= 11 is 5.89. The minimum absolute atomic E-state index is 0.0447. The van der Waals surface area contributed by atoms with Crippen molar-refractivity contribution in [3.8, 4) is 5.75 Å². The molecular weight excluding hydrogens is 334 g/mol. The molecule has 128 valence electrons. The zero-order valence-electron chi connectivity index (χ0n) is 13.5. The third-order valence-corrected chi connectivity index (χ3v) is 3.58. The first-order valence-corrected chi connectivity index (χ1v) is 7.67. The molecule has 0 spiro atoms. The Morgan fingerprint density at radius 2 is 2.12 bits per heavy atom. The molecule has 1 heterocycles. The molecule has 7 nitrogen and oxygen atoms in total. The number of aromatic carboxylic acids is 1. The minimum Gasteiger partial charge on any atom is -0.491 e. The number of aromatic nitrogens is 2. The van der Waals surface area contributed by atoms with Crippen LogP contribution in [0, 0.1) is 6.92 Å². The summed E-state index contributed by atoms with van der Waals surface area (Å²) < 4.78 is 6.91. The van der Waals surface area contributed by atoms with E-state index >= 15 is 0 Å². The molecule has 0 fully saturated rings. The highest BCUT2D eigenvalue weighted by molar-refractivity contribution is 6.31. The second kappa shape index (κ2) is 7.35. The van der Waals surface area contributed by atoms with Crippen molar-refractivity contribution >= 4 is 29.2 Å². The van der Waals surface area contributed by atoms with Gasteiger partial charge in [-0.15, -0.1) is 0 Å². The molecule has 0 aliphatic carbocycles. The van der Waals surface area contributed by atoms with Gasteiger partial charge in [-0.2, -0.15) is 5.10 Å². The normalized spacial score (nSPS) is 10.7. The van der Waals surface area contributed by atoms with Gasteiger partial charge in [-0.3, -0.25) is 9.48 Å². The quantitative estimate of drug-likeness (QED) is 0.834. The fourth-order valence-corrected chi connectivity index (χ4v) is 2.20. The number of anilines is 1. The predicted molar refractivity (Wildman–Crippen MR) is 89.8 cm³/mol. The Bertz CT molecular complexity index is 771. The van der Waals surface area contributed by atoms with E-state index in [0.717, 1.165) is 0 Å². The molecule has 8 heteroatoms. The highest BCUT2D eigenvalue weighted by Gasteiger charge is 2.16. The smallest absolute Gasteiger partial charge is 0.337 e. The molecule has 2 rings (SSSR count). The molecular formula is C16H18ClN3O4. The maximum absolute atomic E-state index is 12.1. The third kappa shape index (κ3) is 4.26. The number of hydrogen-bond acceptors (Lipinski definition) is 4. The van der Waals surface area contributed by atoms with E-state index in [4.69, 9.17) is 16.3 Å². The number of amides is 1. The van der Waals surface area contributed by atoms with Gasteiger partial charge in [0.15, 0.2) is 0 Å². The molecule has 1 amide bonds. The van der Waals surface area contributed by atoms with E-state index < -0.39 is 11.9 Å². The number of carboxylic acids is 1. The SMILES string of the molecule is Cc1c(Cl)cnn1CC(=O)Nc1ccc(OC(C)C)cc1C(=O)O. The zero-order valence-corrected chi connectivity index (χ0v) is 14.3. The van der Waals surface area contributed by atoms with E-state index in [1.54, 1.807) is 13.0 Å². The van der Waals surface area contributed by atoms with E-state index in [0.29, 0.717) is 16.5 Å². The Balaban J connectivity index is 2.17. The summed E-state index contributed by atoms with van der Waals surface area (Å²) in [4.78, 5) is 23.6. The van der Waals surface area contributed by atoms with Crippen molar-refractivity contribution in [2.45, 2.75) is 33.4 Å². The van der Waals surface area contributed by atoms with Gasteiger partial charge >= 0.3 is 5.97 Å². The average Bonchev–Trinajstić information content (AvgIpc) is 2.80. The van der Waals surface area contributed by atoms with Gasteiger partial charge in [-0.05, 0) is 39.0 Å². The molecule has 1 aromatic carbocycles. The van der Waals surface area contributed by atoms with Gasteiger partial charge in [-0.1, -0.05) is 11.6 Å². The van der Waals surface area contributed by atoms with Crippen molar-refractivity contribution in [1.82, 2.24) is 9.78 Å². The van der Waals surface area contributed by atoms with Crippen LogP contribution in [0.1, 0.15) is 29.9 Å². The fraction of sp³-hybridized carbons (Fsp3) is 0.312. The van der Waals surface area contributed by atoms with Crippen LogP contribution in [-0.4, -0.2) is 32.9 Å². The Kier molecular flexibility index (Phi) is 5.46. The zero-order chi connectivity index (χ0) is 17.9. The summed E-state index contributed by atoms with van der Waals surface area (Å²) in [7, 11) is 0. The lowest BCUT2D eigenvalue weighted by Crippen LogP contribution is -2.21. The number of carbonyl (C=O) groups excluding carboxylic acids is 1. The van der Waals surface area contributed by atoms with Crippen LogP contribution in [-0.2, 0) is 11.3 Å². The highest BCUT2D eigenvalue weighted by Crippen LogP contribution is 2.23. The monoisotopic (exact) mass is 351 g/mol. The van der Waals surface area contributed by atoms with Crippen LogP contribution in [0.3, 0.4) is 0 Å². The van der Waals surface area contributed by atoms with Crippen molar-refractivity contribution < 1.29 is 19.4 Å². The Morgan fingerprint density at radius 3 is 2.67 bits per heavy atom. The standard InChI is InChI=1S/C16H18ClN3O4/c1-9(2)24-11-4-5-14(12(6-11)16(22)23)19-15(21)8-20-10(3)13(17)7-18-20/h4-7,9H,8H2,1-3H3,(H,19,21)(H,22,23). The summed E-state index contributed by atoms with van der Waals surface area (Å²) in [5.41, 5.74) is 0.808. The predicted octanol–water partition coefficient (Wildman–Crippen LogP) is 2.97. The summed E-state index contributed by atoms with van der Waals surface area (Å²) in [6.07, 6.45) is 1.37. The van der Waals surface area contributed by atoms with E-state index in [2.05, 4.69) is 10.4 Å². The van der Waals surface area contributed by atoms with E-state index in [1.165, 1.54) is 23.0 Å². The molecule has 24 heavy (non-hydrogen) atoms. The lowest BCUT2D eigenvalue weighted by atomic mass is 10.1. The van der Waals surface area contributed by atoms with Gasteiger partial charge in [0.1, 0.15) is 12.3 Å². The summed E-state index contributed by atoms with van der Waals surface area (Å²) in [5.74, 6) is -1.13. The number of halogens is 1. The number of rotatable bonds is 6. The van der Waals surface area contributed by atoms with Gasteiger partial charge in [-0.25, -0.2) is 4.79 Å². The number of carboxylic acid groups (broad SMARTS) is 1. The number of ether oxygens (including phenoxy) is 1. The number of nitrogens with one attached hydrogen (secondary N) is 1. The van der Waals surface area contributed by atoms with Crippen LogP contribution in [0.15, 0.2) is 24.4 Å². The van der Waals surface area contributed by atoms with Gasteiger partial charge < -0.3 is 15.2 Å². The van der Waals surface area contributed by atoms with E-state index in [9.17, 15) is 14.7 Å². The first-order valence-electron chi connectivity index (χ1n) is 7.29. The van der Waals surface area contributed by atoms with E-state index in [-0.39, 0.29) is 23.9 Å². The van der Waals surface area contributed by atoms with Gasteiger partial charge in [0.05, 0.1) is 34.3 Å². The molecule has 0 unspecified atom stereocenters. The number of benzene rings is 1. The third-order valence-electron chi connectivity index (χ3n) is 3.20.